The highest BCUT2D eigenvalue weighted by Gasteiger charge is 2.21. The first kappa shape index (κ1) is 7.42. The van der Waals surface area contributed by atoms with Crippen LogP contribution in [0.5, 0.6) is 0 Å². The van der Waals surface area contributed by atoms with E-state index in [-0.39, 0.29) is 0 Å². The molecule has 0 aliphatic carbocycles. The molecule has 9 heavy (non-hydrogen) atoms. The van der Waals surface area contributed by atoms with Gasteiger partial charge in [-0.2, -0.15) is 11.8 Å². The second-order valence-corrected chi connectivity index (χ2v) is 3.96. The van der Waals surface area contributed by atoms with Crippen molar-refractivity contribution in [2.45, 2.75) is 20.0 Å². The Bertz CT molecular complexity index is 77.0. The molecule has 0 saturated carbocycles. The topological polar surface area (TPSA) is 12.5 Å². The minimum Gasteiger partial charge on any atom is -0.372 e. The van der Waals surface area contributed by atoms with Gasteiger partial charge in [-0.3, -0.25) is 0 Å². The Balaban J connectivity index is 1.81. The fourth-order valence-corrected chi connectivity index (χ4v) is 1.66. The number of hydrogen-bond acceptors (Lipinski definition) is 2. The Labute approximate surface area is 61.2 Å². The number of thioether (sulfide) groups is 1. The normalized spacial score (nSPS) is 25.0. The van der Waals surface area contributed by atoms with Crippen LogP contribution in [-0.4, -0.2) is 24.2 Å². The first-order chi connectivity index (χ1) is 4.29. The third-order valence-corrected chi connectivity index (χ3v) is 2.67. The zero-order valence-corrected chi connectivity index (χ0v) is 6.91. The summed E-state index contributed by atoms with van der Waals surface area (Å²) in [6, 6.07) is 0. The highest BCUT2D eigenvalue weighted by atomic mass is 32.2. The lowest BCUT2D eigenvalue weighted by molar-refractivity contribution is 0.426. The van der Waals surface area contributed by atoms with E-state index in [1.807, 2.05) is 11.8 Å². The van der Waals surface area contributed by atoms with Gasteiger partial charge in [0.1, 0.15) is 0 Å². The zero-order chi connectivity index (χ0) is 6.69. The van der Waals surface area contributed by atoms with E-state index in [9.17, 15) is 0 Å². The molecule has 0 spiro atoms. The van der Waals surface area contributed by atoms with E-state index in [4.69, 9.17) is 4.74 Å². The van der Waals surface area contributed by atoms with E-state index in [1.165, 1.54) is 11.5 Å². The van der Waals surface area contributed by atoms with Crippen molar-refractivity contribution in [2.24, 2.45) is 5.92 Å². The summed E-state index contributed by atoms with van der Waals surface area (Å²) >= 11 is 2.01. The first-order valence-corrected chi connectivity index (χ1v) is 4.64. The SMILES string of the molecule is CC(C)CSCC1CO1. The molecule has 0 aromatic heterocycles. The van der Waals surface area contributed by atoms with E-state index >= 15 is 0 Å². The van der Waals surface area contributed by atoms with E-state index < -0.39 is 0 Å². The van der Waals surface area contributed by atoms with Crippen molar-refractivity contribution in [1.82, 2.24) is 0 Å². The summed E-state index contributed by atoms with van der Waals surface area (Å²) in [7, 11) is 0. The van der Waals surface area contributed by atoms with Crippen LogP contribution in [0.25, 0.3) is 0 Å². The standard InChI is InChI=1S/C7H14OS/c1-6(2)4-9-5-7-3-8-7/h6-7H,3-5H2,1-2H3. The Morgan fingerprint density at radius 3 is 2.78 bits per heavy atom. The predicted octanol–water partition coefficient (Wildman–Crippen LogP) is 1.77. The average Bonchev–Trinajstić information content (AvgIpc) is 2.48. The van der Waals surface area contributed by atoms with Crippen molar-refractivity contribution in [3.63, 3.8) is 0 Å². The molecule has 0 radical (unpaired) electrons. The molecular weight excluding hydrogens is 132 g/mol. The second kappa shape index (κ2) is 3.47. The van der Waals surface area contributed by atoms with E-state index in [1.54, 1.807) is 0 Å². The summed E-state index contributed by atoms with van der Waals surface area (Å²) in [5, 5.41) is 0. The molecule has 1 aliphatic rings. The molecule has 1 unspecified atom stereocenters. The monoisotopic (exact) mass is 146 g/mol. The molecule has 1 nitrogen and oxygen atoms in total. The number of hydrogen-bond donors (Lipinski definition) is 0. The Morgan fingerprint density at radius 2 is 2.33 bits per heavy atom. The molecule has 1 fully saturated rings. The third kappa shape index (κ3) is 3.82. The van der Waals surface area contributed by atoms with Gasteiger partial charge in [-0.15, -0.1) is 0 Å². The van der Waals surface area contributed by atoms with Crippen molar-refractivity contribution >= 4 is 11.8 Å². The van der Waals surface area contributed by atoms with Crippen LogP contribution in [0.15, 0.2) is 0 Å². The van der Waals surface area contributed by atoms with Crippen molar-refractivity contribution in [3.05, 3.63) is 0 Å². The van der Waals surface area contributed by atoms with Crippen LogP contribution < -0.4 is 0 Å². The zero-order valence-electron chi connectivity index (χ0n) is 6.09. The van der Waals surface area contributed by atoms with Gasteiger partial charge in [0.25, 0.3) is 0 Å². The molecule has 1 atom stereocenters. The fourth-order valence-electron chi connectivity index (χ4n) is 0.599. The fraction of sp³-hybridized carbons (Fsp3) is 1.00. The van der Waals surface area contributed by atoms with Gasteiger partial charge in [0.15, 0.2) is 0 Å². The quantitative estimate of drug-likeness (QED) is 0.560. The maximum absolute atomic E-state index is 5.07. The van der Waals surface area contributed by atoms with Crippen LogP contribution in [0.4, 0.5) is 0 Å². The van der Waals surface area contributed by atoms with Crippen LogP contribution in [0, 0.1) is 5.92 Å². The molecule has 0 bridgehead atoms. The third-order valence-electron chi connectivity index (χ3n) is 1.16. The summed E-state index contributed by atoms with van der Waals surface area (Å²) in [6.07, 6.45) is 0.605. The largest absolute Gasteiger partial charge is 0.372 e. The van der Waals surface area contributed by atoms with Gasteiger partial charge in [0.2, 0.25) is 0 Å². The van der Waals surface area contributed by atoms with E-state index in [0.717, 1.165) is 12.5 Å². The van der Waals surface area contributed by atoms with Gasteiger partial charge < -0.3 is 4.74 Å². The van der Waals surface area contributed by atoms with Gasteiger partial charge >= 0.3 is 0 Å². The number of epoxide rings is 1. The molecule has 2 heteroatoms. The highest BCUT2D eigenvalue weighted by Crippen LogP contribution is 2.17. The lowest BCUT2D eigenvalue weighted by Gasteiger charge is -2.00. The Hall–Kier alpha value is 0.310. The van der Waals surface area contributed by atoms with E-state index in [2.05, 4.69) is 13.8 Å². The molecule has 1 heterocycles. The second-order valence-electron chi connectivity index (χ2n) is 2.89. The lowest BCUT2D eigenvalue weighted by Crippen LogP contribution is -1.95. The molecule has 1 saturated heterocycles. The average molecular weight is 146 g/mol. The Morgan fingerprint density at radius 1 is 1.67 bits per heavy atom. The minimum atomic E-state index is 0.605. The number of rotatable bonds is 4. The van der Waals surface area contributed by atoms with Gasteiger partial charge in [-0.05, 0) is 11.7 Å². The summed E-state index contributed by atoms with van der Waals surface area (Å²) in [5.74, 6) is 3.31. The molecule has 0 N–H and O–H groups in total. The Kier molecular flexibility index (Phi) is 2.86. The summed E-state index contributed by atoms with van der Waals surface area (Å²) in [5.41, 5.74) is 0. The van der Waals surface area contributed by atoms with Gasteiger partial charge in [0.05, 0.1) is 12.7 Å². The maximum Gasteiger partial charge on any atom is 0.0900 e. The molecule has 1 rings (SSSR count). The molecule has 0 aromatic rings. The highest BCUT2D eigenvalue weighted by molar-refractivity contribution is 7.99. The van der Waals surface area contributed by atoms with Crippen LogP contribution >= 0.6 is 11.8 Å². The smallest absolute Gasteiger partial charge is 0.0900 e. The summed E-state index contributed by atoms with van der Waals surface area (Å²) in [6.45, 7) is 5.51. The molecule has 0 aromatic carbocycles. The van der Waals surface area contributed by atoms with Crippen molar-refractivity contribution < 1.29 is 4.74 Å². The van der Waals surface area contributed by atoms with Crippen LogP contribution in [-0.2, 0) is 4.74 Å². The number of ether oxygens (including phenoxy) is 1. The minimum absolute atomic E-state index is 0.605. The van der Waals surface area contributed by atoms with Gasteiger partial charge in [-0.1, -0.05) is 13.8 Å². The maximum atomic E-state index is 5.07. The van der Waals surface area contributed by atoms with Crippen LogP contribution in [0.3, 0.4) is 0 Å². The summed E-state index contributed by atoms with van der Waals surface area (Å²) < 4.78 is 5.07. The first-order valence-electron chi connectivity index (χ1n) is 3.48. The predicted molar refractivity (Wildman–Crippen MR) is 41.9 cm³/mol. The molecule has 54 valence electrons. The van der Waals surface area contributed by atoms with Crippen molar-refractivity contribution in [1.29, 1.82) is 0 Å². The summed E-state index contributed by atoms with van der Waals surface area (Å²) in [4.78, 5) is 0. The van der Waals surface area contributed by atoms with Crippen molar-refractivity contribution in [3.8, 4) is 0 Å². The van der Waals surface area contributed by atoms with Crippen LogP contribution in [0.1, 0.15) is 13.8 Å². The molecule has 1 aliphatic heterocycles. The lowest BCUT2D eigenvalue weighted by atomic mass is 10.3. The van der Waals surface area contributed by atoms with Gasteiger partial charge in [0, 0.05) is 5.75 Å². The van der Waals surface area contributed by atoms with Gasteiger partial charge in [-0.25, -0.2) is 0 Å². The molecular formula is C7H14OS. The molecule has 0 amide bonds. The van der Waals surface area contributed by atoms with Crippen molar-refractivity contribution in [2.75, 3.05) is 18.1 Å². The van der Waals surface area contributed by atoms with Crippen LogP contribution in [0.2, 0.25) is 0 Å². The van der Waals surface area contributed by atoms with E-state index in [0.29, 0.717) is 6.10 Å².